The highest BCUT2D eigenvalue weighted by molar-refractivity contribution is 7.11. The molecule has 150 valence electrons. The molecule has 7 heteroatoms. The molecule has 0 saturated carbocycles. The molecule has 0 saturated heterocycles. The Balaban J connectivity index is 1.77. The summed E-state index contributed by atoms with van der Waals surface area (Å²) < 4.78 is 11.8. The molecular weight excluding hydrogens is 372 g/mol. The van der Waals surface area contributed by atoms with E-state index in [2.05, 4.69) is 35.5 Å². The standard InChI is InChI=1S/C21H28N4O2S/c1-6-22-21(23-12-19-14(4)24-15(5)28-19)25-13(3)18-11-16-9-8-10-17(26-7-2)20(16)27-18/h8-11,13H,6-7,12H2,1-5H3,(H2,22,23,25). The van der Waals surface area contributed by atoms with E-state index >= 15 is 0 Å². The van der Waals surface area contributed by atoms with Crippen molar-refractivity contribution >= 4 is 28.3 Å². The van der Waals surface area contributed by atoms with E-state index in [1.165, 1.54) is 4.88 Å². The third-order valence-corrected chi connectivity index (χ3v) is 5.39. The molecule has 0 fully saturated rings. The lowest BCUT2D eigenvalue weighted by molar-refractivity contribution is 0.336. The van der Waals surface area contributed by atoms with Crippen LogP contribution in [0.3, 0.4) is 0 Å². The van der Waals surface area contributed by atoms with Crippen LogP contribution in [0, 0.1) is 13.8 Å². The van der Waals surface area contributed by atoms with Gasteiger partial charge in [-0.15, -0.1) is 11.3 Å². The van der Waals surface area contributed by atoms with Crippen molar-refractivity contribution < 1.29 is 9.15 Å². The minimum Gasteiger partial charge on any atom is -0.490 e. The highest BCUT2D eigenvalue weighted by Crippen LogP contribution is 2.31. The van der Waals surface area contributed by atoms with E-state index in [-0.39, 0.29) is 6.04 Å². The van der Waals surface area contributed by atoms with Crippen molar-refractivity contribution in [2.75, 3.05) is 13.2 Å². The van der Waals surface area contributed by atoms with Crippen LogP contribution in [0.25, 0.3) is 11.0 Å². The Bertz CT molecular complexity index is 961. The Morgan fingerprint density at radius 1 is 1.32 bits per heavy atom. The first-order chi connectivity index (χ1) is 13.5. The Labute approximate surface area is 170 Å². The summed E-state index contributed by atoms with van der Waals surface area (Å²) in [6.07, 6.45) is 0. The number of nitrogens with zero attached hydrogens (tertiary/aromatic N) is 2. The quantitative estimate of drug-likeness (QED) is 0.443. The van der Waals surface area contributed by atoms with Gasteiger partial charge in [-0.05, 0) is 46.8 Å². The fourth-order valence-corrected chi connectivity index (χ4v) is 3.87. The number of aryl methyl sites for hydroxylation is 2. The predicted molar refractivity (Wildman–Crippen MR) is 115 cm³/mol. The Hall–Kier alpha value is -2.54. The zero-order valence-corrected chi connectivity index (χ0v) is 17.9. The van der Waals surface area contributed by atoms with Gasteiger partial charge < -0.3 is 19.8 Å². The van der Waals surface area contributed by atoms with Gasteiger partial charge in [0.15, 0.2) is 17.3 Å². The van der Waals surface area contributed by atoms with E-state index in [1.54, 1.807) is 11.3 Å². The summed E-state index contributed by atoms with van der Waals surface area (Å²) >= 11 is 1.69. The van der Waals surface area contributed by atoms with E-state index in [9.17, 15) is 0 Å². The van der Waals surface area contributed by atoms with Crippen molar-refractivity contribution in [1.82, 2.24) is 15.6 Å². The number of aliphatic imine (C=N–C) groups is 1. The summed E-state index contributed by atoms with van der Waals surface area (Å²) in [5, 5.41) is 8.84. The molecule has 0 radical (unpaired) electrons. The number of fused-ring (bicyclic) bond motifs is 1. The number of guanidine groups is 1. The topological polar surface area (TPSA) is 71.7 Å². The van der Waals surface area contributed by atoms with Gasteiger partial charge in [-0.2, -0.15) is 0 Å². The Morgan fingerprint density at radius 2 is 2.14 bits per heavy atom. The van der Waals surface area contributed by atoms with Crippen LogP contribution in [-0.2, 0) is 6.54 Å². The molecule has 1 aromatic carbocycles. The molecule has 0 spiro atoms. The SMILES string of the molecule is CCNC(=NCc1sc(C)nc1C)NC(C)c1cc2cccc(OCC)c2o1. The molecule has 0 aliphatic heterocycles. The molecule has 0 aliphatic rings. The smallest absolute Gasteiger partial charge is 0.192 e. The molecule has 0 aliphatic carbocycles. The second-order valence-corrected chi connectivity index (χ2v) is 7.85. The first kappa shape index (κ1) is 20.2. The molecule has 6 nitrogen and oxygen atoms in total. The number of ether oxygens (including phenoxy) is 1. The van der Waals surface area contributed by atoms with Gasteiger partial charge >= 0.3 is 0 Å². The van der Waals surface area contributed by atoms with E-state index in [4.69, 9.17) is 14.1 Å². The normalized spacial score (nSPS) is 13.0. The second kappa shape index (κ2) is 9.10. The number of thiazole rings is 1. The molecule has 0 bridgehead atoms. The van der Waals surface area contributed by atoms with Crippen molar-refractivity contribution in [2.24, 2.45) is 4.99 Å². The van der Waals surface area contributed by atoms with Crippen LogP contribution in [0.2, 0.25) is 0 Å². The molecule has 2 aromatic heterocycles. The summed E-state index contributed by atoms with van der Waals surface area (Å²) in [4.78, 5) is 10.4. The van der Waals surface area contributed by atoms with E-state index in [0.717, 1.165) is 45.7 Å². The van der Waals surface area contributed by atoms with E-state index in [0.29, 0.717) is 13.2 Å². The van der Waals surface area contributed by atoms with Crippen LogP contribution in [0.1, 0.15) is 48.2 Å². The number of para-hydroxylation sites is 1. The van der Waals surface area contributed by atoms with E-state index in [1.807, 2.05) is 39.0 Å². The lowest BCUT2D eigenvalue weighted by Gasteiger charge is -2.16. The fraction of sp³-hybridized carbons (Fsp3) is 0.429. The monoisotopic (exact) mass is 400 g/mol. The maximum Gasteiger partial charge on any atom is 0.192 e. The number of hydrogen-bond donors (Lipinski definition) is 2. The Kier molecular flexibility index (Phi) is 6.57. The largest absolute Gasteiger partial charge is 0.490 e. The third-order valence-electron chi connectivity index (χ3n) is 4.33. The summed E-state index contributed by atoms with van der Waals surface area (Å²) in [7, 11) is 0. The summed E-state index contributed by atoms with van der Waals surface area (Å²) in [6.45, 7) is 12.1. The zero-order valence-electron chi connectivity index (χ0n) is 17.1. The number of rotatable bonds is 7. The molecule has 2 heterocycles. The zero-order chi connectivity index (χ0) is 20.1. The molecular formula is C21H28N4O2S. The molecule has 1 unspecified atom stereocenters. The van der Waals surface area contributed by atoms with Gasteiger partial charge in [0.1, 0.15) is 5.76 Å². The van der Waals surface area contributed by atoms with Crippen LogP contribution in [0.5, 0.6) is 5.75 Å². The number of aromatic nitrogens is 1. The van der Waals surface area contributed by atoms with Gasteiger partial charge in [0.25, 0.3) is 0 Å². The highest BCUT2D eigenvalue weighted by Gasteiger charge is 2.15. The summed E-state index contributed by atoms with van der Waals surface area (Å²) in [6, 6.07) is 7.96. The van der Waals surface area contributed by atoms with Crippen LogP contribution in [-0.4, -0.2) is 24.1 Å². The number of furan rings is 1. The van der Waals surface area contributed by atoms with Crippen molar-refractivity contribution in [3.8, 4) is 5.75 Å². The van der Waals surface area contributed by atoms with Gasteiger partial charge in [0, 0.05) is 16.8 Å². The van der Waals surface area contributed by atoms with Crippen LogP contribution >= 0.6 is 11.3 Å². The fourth-order valence-electron chi connectivity index (χ4n) is 3.01. The number of hydrogen-bond acceptors (Lipinski definition) is 5. The van der Waals surface area contributed by atoms with Gasteiger partial charge in [-0.25, -0.2) is 9.98 Å². The van der Waals surface area contributed by atoms with Crippen molar-refractivity contribution in [1.29, 1.82) is 0 Å². The van der Waals surface area contributed by atoms with Crippen LogP contribution in [0.15, 0.2) is 33.7 Å². The maximum absolute atomic E-state index is 6.10. The van der Waals surface area contributed by atoms with Crippen molar-refractivity contribution in [2.45, 2.75) is 47.2 Å². The molecule has 1 atom stereocenters. The van der Waals surface area contributed by atoms with Gasteiger partial charge in [-0.1, -0.05) is 12.1 Å². The minimum absolute atomic E-state index is 0.0380. The first-order valence-corrected chi connectivity index (χ1v) is 10.5. The van der Waals surface area contributed by atoms with E-state index < -0.39 is 0 Å². The average molecular weight is 401 g/mol. The first-order valence-electron chi connectivity index (χ1n) is 9.64. The third kappa shape index (κ3) is 4.65. The molecule has 28 heavy (non-hydrogen) atoms. The number of nitrogens with one attached hydrogen (secondary N) is 2. The summed E-state index contributed by atoms with van der Waals surface area (Å²) in [5.74, 6) is 2.37. The lowest BCUT2D eigenvalue weighted by Crippen LogP contribution is -2.38. The van der Waals surface area contributed by atoms with Crippen molar-refractivity contribution in [3.05, 3.63) is 45.6 Å². The Morgan fingerprint density at radius 3 is 2.82 bits per heavy atom. The van der Waals surface area contributed by atoms with Gasteiger partial charge in [0.05, 0.1) is 29.9 Å². The molecule has 0 amide bonds. The van der Waals surface area contributed by atoms with Crippen molar-refractivity contribution in [3.63, 3.8) is 0 Å². The maximum atomic E-state index is 6.10. The number of benzene rings is 1. The van der Waals surface area contributed by atoms with Gasteiger partial charge in [0.2, 0.25) is 0 Å². The van der Waals surface area contributed by atoms with Crippen LogP contribution in [0.4, 0.5) is 0 Å². The minimum atomic E-state index is -0.0380. The van der Waals surface area contributed by atoms with Crippen LogP contribution < -0.4 is 15.4 Å². The predicted octanol–water partition coefficient (Wildman–Crippen LogP) is 4.72. The highest BCUT2D eigenvalue weighted by atomic mass is 32.1. The molecule has 2 N–H and O–H groups in total. The van der Waals surface area contributed by atoms with Gasteiger partial charge in [-0.3, -0.25) is 0 Å². The summed E-state index contributed by atoms with van der Waals surface area (Å²) in [5.41, 5.74) is 1.83. The molecule has 3 aromatic rings. The molecule has 3 rings (SSSR count). The lowest BCUT2D eigenvalue weighted by atomic mass is 10.2. The second-order valence-electron chi connectivity index (χ2n) is 6.56. The average Bonchev–Trinajstić information content (AvgIpc) is 3.23.